The van der Waals surface area contributed by atoms with E-state index < -0.39 is 53.8 Å². The molecule has 0 aromatic carbocycles. The summed E-state index contributed by atoms with van der Waals surface area (Å²) in [7, 11) is 0. The zero-order chi connectivity index (χ0) is 31.9. The molecule has 0 radical (unpaired) electrons. The van der Waals surface area contributed by atoms with Gasteiger partial charge in [0.25, 0.3) is 0 Å². The Balaban J connectivity index is 1.02. The van der Waals surface area contributed by atoms with Gasteiger partial charge in [0.2, 0.25) is 5.79 Å². The van der Waals surface area contributed by atoms with Crippen molar-refractivity contribution in [3.05, 3.63) is 11.6 Å². The molecule has 3 spiro atoms. The van der Waals surface area contributed by atoms with Crippen LogP contribution >= 0.6 is 0 Å². The zero-order valence-electron chi connectivity index (χ0n) is 27.3. The third-order valence-electron chi connectivity index (χ3n) is 15.6. The van der Waals surface area contributed by atoms with Crippen LogP contribution in [-0.4, -0.2) is 93.4 Å². The van der Waals surface area contributed by atoms with Crippen LogP contribution in [0.15, 0.2) is 11.6 Å². The normalized spacial score (nSPS) is 63.5. The Morgan fingerprint density at radius 3 is 2.40 bits per heavy atom. The van der Waals surface area contributed by atoms with E-state index in [9.17, 15) is 25.2 Å². The van der Waals surface area contributed by atoms with Crippen molar-refractivity contribution < 1.29 is 48.9 Å². The number of aliphatic hydroxyl groups is 4. The van der Waals surface area contributed by atoms with Gasteiger partial charge in [-0.3, -0.25) is 4.79 Å². The van der Waals surface area contributed by atoms with Gasteiger partial charge in [0.1, 0.15) is 35.8 Å². The van der Waals surface area contributed by atoms with Gasteiger partial charge in [0.05, 0.1) is 18.8 Å². The number of hydrogen-bond acceptors (Lipinski definition) is 10. The van der Waals surface area contributed by atoms with E-state index in [0.29, 0.717) is 18.3 Å². The van der Waals surface area contributed by atoms with Crippen LogP contribution < -0.4 is 0 Å². The van der Waals surface area contributed by atoms with Crippen LogP contribution in [0.2, 0.25) is 0 Å². The Bertz CT molecular complexity index is 1380. The minimum Gasteiger partial charge on any atom is -0.388 e. The lowest BCUT2D eigenvalue weighted by molar-refractivity contribution is -0.344. The van der Waals surface area contributed by atoms with Gasteiger partial charge in [-0.25, -0.2) is 0 Å². The van der Waals surface area contributed by atoms with E-state index in [1.165, 1.54) is 5.57 Å². The third kappa shape index (κ3) is 3.27. The minimum atomic E-state index is -1.38. The molecule has 10 heteroatoms. The molecule has 4 saturated carbocycles. The largest absolute Gasteiger partial charge is 0.388 e. The summed E-state index contributed by atoms with van der Waals surface area (Å²) in [6.45, 7) is 13.4. The molecule has 0 amide bonds. The molecule has 9 aliphatic rings. The standard InChI is InChI=1S/C35H50O10/c1-16-12-35(27-32(6,44-27)28(40)45-35)43-18-13-31(5)20-8-7-19-29(2,3)22(42-26-25(39)24(38)17(36)14-41-26)11-21(37)34(19)15-33(20,34)10-9-30(31,4)23(16)18/h8,16-19,22-28,36,38-40H,7,9-15H2,1-6H3/t16-,17-,18?,19+,22+,23+,24+,25-,26+,27?,28?,30-,31+,32?,33+,34-,35?/m1/s1. The maximum absolute atomic E-state index is 14.5. The quantitative estimate of drug-likeness (QED) is 0.265. The summed E-state index contributed by atoms with van der Waals surface area (Å²) in [6, 6.07) is 0. The topological polar surface area (TPSA) is 147 Å². The maximum atomic E-state index is 14.5. The van der Waals surface area contributed by atoms with E-state index in [-0.39, 0.29) is 58.6 Å². The molecule has 5 unspecified atom stereocenters. The Hall–Kier alpha value is -0.950. The molecular formula is C35H50O10. The molecule has 4 N–H and O–H groups in total. The number of ether oxygens (including phenoxy) is 5. The van der Waals surface area contributed by atoms with Crippen LogP contribution in [0.5, 0.6) is 0 Å². The molecule has 0 bridgehead atoms. The first-order chi connectivity index (χ1) is 21.0. The molecule has 9 rings (SSSR count). The van der Waals surface area contributed by atoms with Crippen molar-refractivity contribution in [1.82, 2.24) is 0 Å². The number of fused-ring (bicyclic) bond motifs is 6. The molecule has 0 aromatic rings. The Morgan fingerprint density at radius 2 is 1.71 bits per heavy atom. The first kappa shape index (κ1) is 30.1. The van der Waals surface area contributed by atoms with E-state index in [1.54, 1.807) is 0 Å². The molecule has 0 aromatic heterocycles. The lowest BCUT2D eigenvalue weighted by Crippen LogP contribution is -2.60. The van der Waals surface area contributed by atoms with Crippen LogP contribution in [0, 0.1) is 44.8 Å². The Labute approximate surface area is 264 Å². The fraction of sp³-hybridized carbons (Fsp3) is 0.914. The number of hydrogen-bond donors (Lipinski definition) is 4. The summed E-state index contributed by atoms with van der Waals surface area (Å²) in [5.41, 5.74) is -0.296. The van der Waals surface area contributed by atoms with Gasteiger partial charge in [0.15, 0.2) is 12.6 Å². The van der Waals surface area contributed by atoms with Crippen molar-refractivity contribution in [2.24, 2.45) is 44.8 Å². The highest BCUT2D eigenvalue weighted by molar-refractivity contribution is 5.93. The van der Waals surface area contributed by atoms with Gasteiger partial charge >= 0.3 is 0 Å². The molecule has 5 aliphatic carbocycles. The number of epoxide rings is 1. The summed E-state index contributed by atoms with van der Waals surface area (Å²) in [6.07, 6.45) is 1.26. The number of Topliss-reactive ketones (excluding diaryl/α,β-unsaturated/α-hetero) is 1. The average Bonchev–Trinajstić information content (AvgIpc) is 3.82. The fourth-order valence-corrected chi connectivity index (χ4v) is 13.1. The average molecular weight is 631 g/mol. The second kappa shape index (κ2) is 8.61. The van der Waals surface area contributed by atoms with Gasteiger partial charge in [-0.05, 0) is 73.0 Å². The highest BCUT2D eigenvalue weighted by Gasteiger charge is 2.85. The molecule has 8 fully saturated rings. The van der Waals surface area contributed by atoms with Gasteiger partial charge in [0, 0.05) is 23.7 Å². The van der Waals surface area contributed by atoms with Gasteiger partial charge < -0.3 is 44.1 Å². The second-order valence-corrected chi connectivity index (χ2v) is 17.7. The summed E-state index contributed by atoms with van der Waals surface area (Å²) < 4.78 is 31.0. The van der Waals surface area contributed by atoms with Crippen LogP contribution in [0.1, 0.15) is 86.5 Å². The highest BCUT2D eigenvalue weighted by Crippen LogP contribution is 2.87. The molecular weight excluding hydrogens is 580 g/mol. The molecule has 250 valence electrons. The highest BCUT2D eigenvalue weighted by atomic mass is 16.8. The number of ketones is 1. The van der Waals surface area contributed by atoms with E-state index >= 15 is 0 Å². The summed E-state index contributed by atoms with van der Waals surface area (Å²) in [5, 5.41) is 41.4. The molecule has 45 heavy (non-hydrogen) atoms. The zero-order valence-corrected chi connectivity index (χ0v) is 27.3. The van der Waals surface area contributed by atoms with Crippen LogP contribution in [-0.2, 0) is 28.5 Å². The van der Waals surface area contributed by atoms with E-state index in [4.69, 9.17) is 23.7 Å². The Morgan fingerprint density at radius 1 is 0.956 bits per heavy atom. The van der Waals surface area contributed by atoms with E-state index in [1.807, 2.05) is 6.92 Å². The first-order valence-electron chi connectivity index (χ1n) is 17.3. The number of allylic oxidation sites excluding steroid dienone is 2. The summed E-state index contributed by atoms with van der Waals surface area (Å²) >= 11 is 0. The summed E-state index contributed by atoms with van der Waals surface area (Å²) in [4.78, 5) is 14.5. The molecule has 4 heterocycles. The lowest BCUT2D eigenvalue weighted by Gasteiger charge is -2.60. The Kier molecular flexibility index (Phi) is 5.76. The van der Waals surface area contributed by atoms with Crippen molar-refractivity contribution in [3.8, 4) is 0 Å². The molecule has 4 saturated heterocycles. The smallest absolute Gasteiger partial charge is 0.201 e. The number of aliphatic hydroxyl groups excluding tert-OH is 4. The third-order valence-corrected chi connectivity index (χ3v) is 15.6. The molecule has 17 atom stereocenters. The van der Waals surface area contributed by atoms with Crippen molar-refractivity contribution >= 4 is 5.78 Å². The monoisotopic (exact) mass is 630 g/mol. The maximum Gasteiger partial charge on any atom is 0.201 e. The first-order valence-corrected chi connectivity index (χ1v) is 17.3. The van der Waals surface area contributed by atoms with E-state index in [0.717, 1.165) is 32.1 Å². The second-order valence-electron chi connectivity index (χ2n) is 17.7. The number of rotatable bonds is 2. The predicted molar refractivity (Wildman–Crippen MR) is 157 cm³/mol. The van der Waals surface area contributed by atoms with Crippen LogP contribution in [0.4, 0.5) is 0 Å². The van der Waals surface area contributed by atoms with Gasteiger partial charge in [-0.1, -0.05) is 46.3 Å². The number of carbonyl (C=O) groups excluding carboxylic acids is 1. The van der Waals surface area contributed by atoms with Crippen molar-refractivity contribution in [2.75, 3.05) is 6.61 Å². The van der Waals surface area contributed by atoms with Gasteiger partial charge in [-0.15, -0.1) is 0 Å². The van der Waals surface area contributed by atoms with Gasteiger partial charge in [-0.2, -0.15) is 0 Å². The van der Waals surface area contributed by atoms with Crippen molar-refractivity contribution in [1.29, 1.82) is 0 Å². The lowest BCUT2D eigenvalue weighted by atomic mass is 9.45. The van der Waals surface area contributed by atoms with Crippen molar-refractivity contribution in [3.63, 3.8) is 0 Å². The molecule has 4 aliphatic heterocycles. The van der Waals surface area contributed by atoms with Crippen LogP contribution in [0.25, 0.3) is 0 Å². The van der Waals surface area contributed by atoms with Crippen molar-refractivity contribution in [2.45, 2.75) is 147 Å². The minimum absolute atomic E-state index is 0.00998. The summed E-state index contributed by atoms with van der Waals surface area (Å²) in [5.74, 6) is 0.111. The predicted octanol–water partition coefficient (Wildman–Crippen LogP) is 2.59. The van der Waals surface area contributed by atoms with E-state index in [2.05, 4.69) is 40.7 Å². The SMILES string of the molecule is C[C@@H]1CC2(OC3C[C@@]4(C)C5=CC[C@H]6C(C)(C)[C@@H](O[C@@H]7OC[C@@H](O)[C@H](O)[C@H]7O)CC(=O)[C@@]67C[C@@]57CC[C@]4(C)[C@H]31)OC(O)C1(C)OC21. The number of carbonyl (C=O) groups is 1. The van der Waals surface area contributed by atoms with Crippen LogP contribution in [0.3, 0.4) is 0 Å². The fourth-order valence-electron chi connectivity index (χ4n) is 13.1. The molecule has 10 nitrogen and oxygen atoms in total.